The number of ether oxygens (including phenoxy) is 1. The summed E-state index contributed by atoms with van der Waals surface area (Å²) in [5, 5.41) is 2.64. The Morgan fingerprint density at radius 1 is 1.16 bits per heavy atom. The van der Waals surface area contributed by atoms with Crippen molar-refractivity contribution >= 4 is 22.0 Å². The molecule has 0 spiro atoms. The normalized spacial score (nSPS) is 20.2. The molecule has 0 bridgehead atoms. The fraction of sp³-hybridized carbons (Fsp3) is 0.357. The van der Waals surface area contributed by atoms with Crippen LogP contribution in [0.25, 0.3) is 6.08 Å². The number of rotatable bonds is 5. The molecule has 0 aliphatic carbocycles. The van der Waals surface area contributed by atoms with Crippen molar-refractivity contribution in [2.75, 3.05) is 26.3 Å². The molecular weight excluding hydrogens is 348 g/mol. The maximum absolute atomic E-state index is 12.5. The lowest BCUT2D eigenvalue weighted by atomic mass is 10.2. The van der Waals surface area contributed by atoms with Gasteiger partial charge in [-0.3, -0.25) is 4.79 Å². The topological polar surface area (TPSA) is 124 Å². The van der Waals surface area contributed by atoms with E-state index < -0.39 is 16.3 Å². The van der Waals surface area contributed by atoms with Crippen LogP contribution in [0.2, 0.25) is 0 Å². The third kappa shape index (κ3) is 4.61. The van der Waals surface area contributed by atoms with Crippen molar-refractivity contribution in [2.24, 2.45) is 0 Å². The molecular formula is C14H20N6O4S. The van der Waals surface area contributed by atoms with Gasteiger partial charge in [-0.15, -0.1) is 0 Å². The van der Waals surface area contributed by atoms with Crippen molar-refractivity contribution in [1.29, 1.82) is 0 Å². The summed E-state index contributed by atoms with van der Waals surface area (Å²) >= 11 is 0. The second-order valence-corrected chi connectivity index (χ2v) is 7.34. The molecule has 136 valence electrons. The molecule has 1 aromatic rings. The van der Waals surface area contributed by atoms with Crippen LogP contribution in [-0.2, 0) is 19.6 Å². The summed E-state index contributed by atoms with van der Waals surface area (Å²) < 4.78 is 31.6. The largest absolute Gasteiger partial charge is 0.379 e. The monoisotopic (exact) mass is 368 g/mol. The Hall–Kier alpha value is -1.86. The van der Waals surface area contributed by atoms with Crippen molar-refractivity contribution in [1.82, 2.24) is 31.5 Å². The number of amides is 1. The molecule has 25 heavy (non-hydrogen) atoms. The fourth-order valence-electron chi connectivity index (χ4n) is 2.37. The molecule has 2 fully saturated rings. The maximum Gasteiger partial charge on any atom is 0.246 e. The summed E-state index contributed by atoms with van der Waals surface area (Å²) in [4.78, 5) is 12.0. The molecule has 0 unspecified atom stereocenters. The lowest BCUT2D eigenvalue weighted by molar-refractivity contribution is -0.117. The van der Waals surface area contributed by atoms with Crippen molar-refractivity contribution in [3.8, 4) is 0 Å². The molecule has 10 nitrogen and oxygen atoms in total. The highest BCUT2D eigenvalue weighted by Crippen LogP contribution is 2.18. The Bertz CT molecular complexity index is 724. The summed E-state index contributed by atoms with van der Waals surface area (Å²) in [6.45, 7) is 1.53. The van der Waals surface area contributed by atoms with Gasteiger partial charge in [0.2, 0.25) is 15.9 Å². The highest BCUT2D eigenvalue weighted by Gasteiger charge is 2.25. The lowest BCUT2D eigenvalue weighted by Gasteiger charge is -2.26. The van der Waals surface area contributed by atoms with E-state index in [1.807, 2.05) is 0 Å². The Morgan fingerprint density at radius 3 is 2.44 bits per heavy atom. The summed E-state index contributed by atoms with van der Waals surface area (Å²) in [6.07, 6.45) is 2.54. The van der Waals surface area contributed by atoms with Crippen LogP contribution in [0.3, 0.4) is 0 Å². The number of benzene rings is 1. The first-order valence-electron chi connectivity index (χ1n) is 7.73. The number of morpholine rings is 1. The van der Waals surface area contributed by atoms with E-state index in [-0.39, 0.29) is 10.8 Å². The van der Waals surface area contributed by atoms with Crippen molar-refractivity contribution in [3.05, 3.63) is 35.9 Å². The van der Waals surface area contributed by atoms with Gasteiger partial charge in [-0.05, 0) is 23.8 Å². The van der Waals surface area contributed by atoms with Gasteiger partial charge in [0, 0.05) is 19.2 Å². The summed E-state index contributed by atoms with van der Waals surface area (Å²) in [5.74, 6) is -0.305. The molecule has 2 aliphatic rings. The number of hydrogen-bond donors (Lipinski definition) is 5. The molecule has 2 heterocycles. The molecule has 0 atom stereocenters. The second kappa shape index (κ2) is 8.01. The highest BCUT2D eigenvalue weighted by molar-refractivity contribution is 7.89. The quantitative estimate of drug-likeness (QED) is 0.387. The number of hydrogen-bond acceptors (Lipinski definition) is 8. The summed E-state index contributed by atoms with van der Waals surface area (Å²) in [7, 11) is -3.51. The first-order valence-corrected chi connectivity index (χ1v) is 9.17. The van der Waals surface area contributed by atoms with E-state index in [0.29, 0.717) is 26.3 Å². The molecule has 0 aromatic heterocycles. The SMILES string of the molecule is O=C(/C=C/c1ccc(S(=O)(=O)N2CCOCC2)cc1)NC1NNNN1. The zero-order chi connectivity index (χ0) is 17.7. The number of nitrogens with one attached hydrogen (secondary N) is 5. The Morgan fingerprint density at radius 2 is 1.80 bits per heavy atom. The predicted molar refractivity (Wildman–Crippen MR) is 89.5 cm³/mol. The van der Waals surface area contributed by atoms with Crippen molar-refractivity contribution in [2.45, 2.75) is 11.2 Å². The predicted octanol–water partition coefficient (Wildman–Crippen LogP) is -1.76. The minimum atomic E-state index is -3.51. The Balaban J connectivity index is 1.61. The molecule has 2 saturated heterocycles. The number of carbonyl (C=O) groups excluding carboxylic acids is 1. The van der Waals surface area contributed by atoms with Gasteiger partial charge in [0.1, 0.15) is 0 Å². The Labute approximate surface area is 145 Å². The highest BCUT2D eigenvalue weighted by atomic mass is 32.2. The standard InChI is InChI=1S/C14H20N6O4S/c21-13(15-14-16-18-19-17-14)6-3-11-1-4-12(5-2-11)25(22,23)20-7-9-24-10-8-20/h1-6,14,16-19H,7-10H2,(H,15,21)/b6-3+. The first kappa shape index (κ1) is 17.9. The molecule has 0 saturated carbocycles. The van der Waals surface area contributed by atoms with Crippen LogP contribution in [0.4, 0.5) is 0 Å². The number of carbonyl (C=O) groups is 1. The average molecular weight is 368 g/mol. The fourth-order valence-corrected chi connectivity index (χ4v) is 3.78. The zero-order valence-electron chi connectivity index (χ0n) is 13.4. The summed E-state index contributed by atoms with van der Waals surface area (Å²) in [5.41, 5.74) is 11.3. The second-order valence-electron chi connectivity index (χ2n) is 5.40. The van der Waals surface area contributed by atoms with Crippen LogP contribution in [0.1, 0.15) is 5.56 Å². The van der Waals surface area contributed by atoms with Crippen molar-refractivity contribution in [3.63, 3.8) is 0 Å². The third-order valence-electron chi connectivity index (χ3n) is 3.70. The molecule has 11 heteroatoms. The van der Waals surface area contributed by atoms with Gasteiger partial charge in [-0.1, -0.05) is 12.1 Å². The molecule has 5 N–H and O–H groups in total. The van der Waals surface area contributed by atoms with Gasteiger partial charge in [-0.25, -0.2) is 19.3 Å². The minimum Gasteiger partial charge on any atom is -0.379 e. The van der Waals surface area contributed by atoms with E-state index in [2.05, 4.69) is 27.2 Å². The van der Waals surface area contributed by atoms with Gasteiger partial charge < -0.3 is 10.1 Å². The van der Waals surface area contributed by atoms with Gasteiger partial charge in [-0.2, -0.15) is 15.4 Å². The van der Waals surface area contributed by atoms with Crippen molar-refractivity contribution < 1.29 is 17.9 Å². The minimum absolute atomic E-state index is 0.229. The van der Waals surface area contributed by atoms with Gasteiger partial charge >= 0.3 is 0 Å². The first-order chi connectivity index (χ1) is 12.1. The van der Waals surface area contributed by atoms with Crippen LogP contribution < -0.4 is 27.2 Å². The number of hydrazine groups is 3. The zero-order valence-corrected chi connectivity index (χ0v) is 14.2. The average Bonchev–Trinajstić information content (AvgIpc) is 3.14. The number of sulfonamides is 1. The molecule has 2 aliphatic heterocycles. The molecule has 1 amide bonds. The lowest BCUT2D eigenvalue weighted by Crippen LogP contribution is -2.49. The maximum atomic E-state index is 12.5. The van der Waals surface area contributed by atoms with Gasteiger partial charge in [0.15, 0.2) is 6.29 Å². The van der Waals surface area contributed by atoms with Crippen LogP contribution in [-0.4, -0.2) is 51.2 Å². The van der Waals surface area contributed by atoms with Crippen LogP contribution in [0.15, 0.2) is 35.2 Å². The molecule has 3 rings (SSSR count). The van der Waals surface area contributed by atoms with E-state index in [1.54, 1.807) is 18.2 Å². The van der Waals surface area contributed by atoms with Crippen LogP contribution in [0, 0.1) is 0 Å². The molecule has 1 aromatic carbocycles. The number of nitrogens with zero attached hydrogens (tertiary/aromatic N) is 1. The summed E-state index contributed by atoms with van der Waals surface area (Å²) in [6, 6.07) is 6.39. The molecule has 0 radical (unpaired) electrons. The van der Waals surface area contributed by atoms with Gasteiger partial charge in [0.05, 0.1) is 18.1 Å². The van der Waals surface area contributed by atoms with Crippen LogP contribution in [0.5, 0.6) is 0 Å². The van der Waals surface area contributed by atoms with E-state index in [0.717, 1.165) is 5.56 Å². The van der Waals surface area contributed by atoms with E-state index in [1.165, 1.54) is 22.5 Å². The van der Waals surface area contributed by atoms with Crippen LogP contribution >= 0.6 is 0 Å². The van der Waals surface area contributed by atoms with E-state index >= 15 is 0 Å². The van der Waals surface area contributed by atoms with E-state index in [4.69, 9.17) is 4.74 Å². The van der Waals surface area contributed by atoms with E-state index in [9.17, 15) is 13.2 Å². The third-order valence-corrected chi connectivity index (χ3v) is 5.61. The van der Waals surface area contributed by atoms with Gasteiger partial charge in [0.25, 0.3) is 0 Å². The Kier molecular flexibility index (Phi) is 5.75. The smallest absolute Gasteiger partial charge is 0.246 e.